The zero-order chi connectivity index (χ0) is 30.6. The van der Waals surface area contributed by atoms with Crippen LogP contribution in [0.15, 0.2) is 65.1 Å². The first-order chi connectivity index (χ1) is 20.5. The molecule has 3 aliphatic carbocycles. The Morgan fingerprint density at radius 3 is 2.53 bits per heavy atom. The summed E-state index contributed by atoms with van der Waals surface area (Å²) < 4.78 is 6.49. The van der Waals surface area contributed by atoms with E-state index in [4.69, 9.17) is 15.3 Å². The molecule has 0 spiro atoms. The number of para-hydroxylation sites is 1. The Balaban J connectivity index is 1.56. The highest BCUT2D eigenvalue weighted by Crippen LogP contribution is 2.57. The summed E-state index contributed by atoms with van der Waals surface area (Å²) in [7, 11) is 3.53. The number of fused-ring (bicyclic) bond motifs is 3. The number of carbonyl (C=O) groups excluding carboxylic acids is 3. The van der Waals surface area contributed by atoms with Gasteiger partial charge in [-0.05, 0) is 81.9 Å². The predicted molar refractivity (Wildman–Crippen MR) is 157 cm³/mol. The van der Waals surface area contributed by atoms with Gasteiger partial charge in [0.1, 0.15) is 28.6 Å². The van der Waals surface area contributed by atoms with Crippen molar-refractivity contribution in [2.75, 3.05) is 27.2 Å². The van der Waals surface area contributed by atoms with Crippen LogP contribution in [0.2, 0.25) is 0 Å². The molecule has 0 radical (unpaired) electrons. The fraction of sp³-hybridized carbons (Fsp3) is 0.424. The molecular weight excluding hydrogens is 550 g/mol. The van der Waals surface area contributed by atoms with Gasteiger partial charge >= 0.3 is 0 Å². The van der Waals surface area contributed by atoms with Gasteiger partial charge in [-0.1, -0.05) is 24.3 Å². The van der Waals surface area contributed by atoms with Crippen LogP contribution in [0.4, 0.5) is 0 Å². The molecule has 0 bridgehead atoms. The molecule has 4 N–H and O–H groups in total. The molecule has 1 fully saturated rings. The van der Waals surface area contributed by atoms with Gasteiger partial charge in [0.05, 0.1) is 23.6 Å². The van der Waals surface area contributed by atoms with Crippen molar-refractivity contribution in [3.05, 3.63) is 81.8 Å². The lowest BCUT2D eigenvalue weighted by Crippen LogP contribution is -2.59. The lowest BCUT2D eigenvalue weighted by molar-refractivity contribution is -0.187. The SMILES string of the molecule is CN(C)[C@@H]1C(O)=C(C(N)=O)C(=O)[C@@]2(C)C(Oc3ccccc3)=C3C(=O)c4c(O)ccc(CN5CCCCO5)c4C[C@H]3C[C@@H]12. The summed E-state index contributed by atoms with van der Waals surface area (Å²) in [6, 6.07) is 11.5. The van der Waals surface area contributed by atoms with Gasteiger partial charge in [-0.25, -0.2) is 0 Å². The number of hydrogen-bond donors (Lipinski definition) is 3. The van der Waals surface area contributed by atoms with Crippen molar-refractivity contribution in [2.45, 2.75) is 45.2 Å². The van der Waals surface area contributed by atoms with Crippen LogP contribution in [-0.2, 0) is 27.4 Å². The van der Waals surface area contributed by atoms with Gasteiger partial charge in [-0.15, -0.1) is 0 Å². The molecule has 10 nitrogen and oxygen atoms in total. The topological polar surface area (TPSA) is 143 Å². The first-order valence-corrected chi connectivity index (χ1v) is 14.7. The lowest BCUT2D eigenvalue weighted by atomic mass is 9.54. The third-order valence-corrected chi connectivity index (χ3v) is 9.52. The highest BCUT2D eigenvalue weighted by Gasteiger charge is 2.62. The molecule has 0 saturated carbocycles. The molecule has 10 heteroatoms. The minimum atomic E-state index is -1.50. The highest BCUT2D eigenvalue weighted by molar-refractivity contribution is 6.23. The number of ether oxygens (including phenoxy) is 1. The number of phenols is 1. The predicted octanol–water partition coefficient (Wildman–Crippen LogP) is 3.44. The Labute approximate surface area is 250 Å². The van der Waals surface area contributed by atoms with E-state index >= 15 is 0 Å². The molecule has 2 aromatic carbocycles. The van der Waals surface area contributed by atoms with Crippen molar-refractivity contribution in [3.63, 3.8) is 0 Å². The quantitative estimate of drug-likeness (QED) is 0.433. The number of primary amides is 1. The summed E-state index contributed by atoms with van der Waals surface area (Å²) in [5, 5.41) is 24.2. The Morgan fingerprint density at radius 1 is 1.14 bits per heavy atom. The van der Waals surface area contributed by atoms with Crippen molar-refractivity contribution in [1.82, 2.24) is 9.96 Å². The Hall–Kier alpha value is -3.99. The number of aromatic hydroxyl groups is 1. The Kier molecular flexibility index (Phi) is 7.40. The zero-order valence-corrected chi connectivity index (χ0v) is 24.6. The second-order valence-electron chi connectivity index (χ2n) is 12.3. The van der Waals surface area contributed by atoms with Gasteiger partial charge in [0.25, 0.3) is 5.91 Å². The number of likely N-dealkylation sites (N-methyl/N-ethyl adjacent to an activating group) is 1. The van der Waals surface area contributed by atoms with E-state index in [1.165, 1.54) is 6.07 Å². The third kappa shape index (κ3) is 4.64. The van der Waals surface area contributed by atoms with Crippen molar-refractivity contribution >= 4 is 17.5 Å². The summed E-state index contributed by atoms with van der Waals surface area (Å²) in [4.78, 5) is 48.9. The normalized spacial score (nSPS) is 27.6. The van der Waals surface area contributed by atoms with Gasteiger partial charge in [-0.3, -0.25) is 24.1 Å². The molecule has 1 amide bonds. The van der Waals surface area contributed by atoms with Crippen molar-refractivity contribution in [2.24, 2.45) is 23.0 Å². The van der Waals surface area contributed by atoms with Crippen molar-refractivity contribution in [3.8, 4) is 11.5 Å². The summed E-state index contributed by atoms with van der Waals surface area (Å²) in [6.45, 7) is 3.55. The van der Waals surface area contributed by atoms with E-state index in [0.29, 0.717) is 37.3 Å². The van der Waals surface area contributed by atoms with Crippen LogP contribution in [0.5, 0.6) is 11.5 Å². The monoisotopic (exact) mass is 587 g/mol. The molecule has 0 unspecified atom stereocenters. The Bertz CT molecular complexity index is 1560. The zero-order valence-electron chi connectivity index (χ0n) is 24.6. The second-order valence-corrected chi connectivity index (χ2v) is 12.3. The number of hydroxylamine groups is 2. The fourth-order valence-electron chi connectivity index (χ4n) is 7.47. The average molecular weight is 588 g/mol. The molecule has 0 aromatic heterocycles. The largest absolute Gasteiger partial charge is 0.510 e. The molecule has 1 saturated heterocycles. The minimum absolute atomic E-state index is 0.128. The van der Waals surface area contributed by atoms with Crippen LogP contribution in [-0.4, -0.2) is 70.9 Å². The van der Waals surface area contributed by atoms with Crippen LogP contribution in [0.3, 0.4) is 0 Å². The number of phenolic OH excluding ortho intramolecular Hbond substituents is 1. The maximum absolute atomic E-state index is 14.5. The van der Waals surface area contributed by atoms with Gasteiger partial charge in [-0.2, -0.15) is 5.06 Å². The van der Waals surface area contributed by atoms with Crippen LogP contribution >= 0.6 is 0 Å². The van der Waals surface area contributed by atoms with E-state index in [1.807, 2.05) is 17.2 Å². The molecule has 1 heterocycles. The standard InChI is InChI=1S/C33H37N3O7/c1-33-22(27(35(2)3)29(39)26(30(33)40)32(34)41)16-19-15-21-18(17-36-13-7-8-14-42-36)11-12-23(37)25(21)28(38)24(19)31(33)43-20-9-5-4-6-10-20/h4-6,9-12,19,22,27,37,39H,7-8,13-17H2,1-3H3,(H2,34,41)/t19-,22-,27-,33-/m0/s1. The van der Waals surface area contributed by atoms with E-state index in [-0.39, 0.29) is 28.7 Å². The number of carbonyl (C=O) groups is 3. The number of aliphatic hydroxyl groups is 1. The number of ketones is 2. The molecule has 2 aromatic rings. The first-order valence-electron chi connectivity index (χ1n) is 14.7. The van der Waals surface area contributed by atoms with E-state index < -0.39 is 40.4 Å². The molecule has 4 aliphatic rings. The fourth-order valence-corrected chi connectivity index (χ4v) is 7.47. The van der Waals surface area contributed by atoms with E-state index in [1.54, 1.807) is 50.2 Å². The summed E-state index contributed by atoms with van der Waals surface area (Å²) in [6.07, 6.45) is 2.79. The maximum atomic E-state index is 14.5. The van der Waals surface area contributed by atoms with Crippen LogP contribution < -0.4 is 10.5 Å². The summed E-state index contributed by atoms with van der Waals surface area (Å²) in [5.41, 5.74) is 5.80. The number of hydrogen-bond acceptors (Lipinski definition) is 9. The minimum Gasteiger partial charge on any atom is -0.510 e. The second kappa shape index (κ2) is 10.9. The number of nitrogens with two attached hydrogens (primary N) is 1. The number of amides is 1. The van der Waals surface area contributed by atoms with E-state index in [2.05, 4.69) is 0 Å². The molecule has 226 valence electrons. The summed E-state index contributed by atoms with van der Waals surface area (Å²) in [5.74, 6) is -3.03. The number of rotatable bonds is 6. The average Bonchev–Trinajstić information content (AvgIpc) is 2.97. The van der Waals surface area contributed by atoms with Crippen molar-refractivity contribution in [1.29, 1.82) is 0 Å². The number of nitrogens with zero attached hydrogens (tertiary/aromatic N) is 2. The van der Waals surface area contributed by atoms with Crippen molar-refractivity contribution < 1.29 is 34.2 Å². The lowest BCUT2D eigenvalue weighted by Gasteiger charge is -2.52. The smallest absolute Gasteiger partial charge is 0.255 e. The Morgan fingerprint density at radius 2 is 1.88 bits per heavy atom. The number of allylic oxidation sites excluding steroid dienone is 2. The van der Waals surface area contributed by atoms with E-state index in [0.717, 1.165) is 30.5 Å². The first kappa shape index (κ1) is 29.1. The summed E-state index contributed by atoms with van der Waals surface area (Å²) >= 11 is 0. The highest BCUT2D eigenvalue weighted by atomic mass is 16.7. The molecule has 6 rings (SSSR count). The molecule has 4 atom stereocenters. The van der Waals surface area contributed by atoms with Crippen LogP contribution in [0, 0.1) is 17.3 Å². The molecular formula is C33H37N3O7. The number of aliphatic hydroxyl groups excluding tert-OH is 1. The van der Waals surface area contributed by atoms with Gasteiger partial charge in [0, 0.05) is 24.6 Å². The molecule has 1 aliphatic heterocycles. The van der Waals surface area contributed by atoms with E-state index in [9.17, 15) is 24.6 Å². The molecule has 43 heavy (non-hydrogen) atoms. The van der Waals surface area contributed by atoms with Gasteiger partial charge in [0.15, 0.2) is 11.6 Å². The maximum Gasteiger partial charge on any atom is 0.255 e. The number of benzene rings is 2. The van der Waals surface area contributed by atoms with Crippen LogP contribution in [0.1, 0.15) is 47.7 Å². The van der Waals surface area contributed by atoms with Gasteiger partial charge in [0.2, 0.25) is 0 Å². The third-order valence-electron chi connectivity index (χ3n) is 9.52. The van der Waals surface area contributed by atoms with Crippen LogP contribution in [0.25, 0.3) is 0 Å². The number of Topliss-reactive ketones (excluding diaryl/α,β-unsaturated/α-hetero) is 2. The van der Waals surface area contributed by atoms with Gasteiger partial charge < -0.3 is 20.7 Å².